The van der Waals surface area contributed by atoms with Crippen LogP contribution in [0.3, 0.4) is 0 Å². The number of fused-ring (bicyclic) bond motifs is 1. The van der Waals surface area contributed by atoms with Crippen molar-refractivity contribution >= 4 is 22.7 Å². The third kappa shape index (κ3) is 2.18. The number of hydrogen-bond acceptors (Lipinski definition) is 4. The molecule has 0 aliphatic carbocycles. The Morgan fingerprint density at radius 2 is 2.15 bits per heavy atom. The lowest BCUT2D eigenvalue weighted by molar-refractivity contribution is -0.179. The number of nitrogens with zero attached hydrogens (tertiary/aromatic N) is 3. The number of likely N-dealkylation sites (tertiary alicyclic amines) is 1. The van der Waals surface area contributed by atoms with E-state index in [0.29, 0.717) is 31.7 Å². The standard InChI is InChI=1S/C20H23N3O4/c1-21-15-5-4-14(26-2)10-13(15)11-16(21)19(25)22-8-6-20-17(22)12-18(24)23(20)7-3-9-27-20/h4-5,10-11,17H,3,6-9,12H2,1-2H3/t17-,20+/m1/s1. The van der Waals surface area contributed by atoms with Crippen molar-refractivity contribution in [3.05, 3.63) is 30.0 Å². The van der Waals surface area contributed by atoms with Gasteiger partial charge < -0.3 is 23.8 Å². The molecule has 1 aromatic carbocycles. The van der Waals surface area contributed by atoms with Crippen molar-refractivity contribution in [3.8, 4) is 5.75 Å². The highest BCUT2D eigenvalue weighted by Crippen LogP contribution is 2.45. The van der Waals surface area contributed by atoms with Crippen LogP contribution < -0.4 is 4.74 Å². The van der Waals surface area contributed by atoms with Gasteiger partial charge in [-0.3, -0.25) is 9.59 Å². The van der Waals surface area contributed by atoms with Gasteiger partial charge in [-0.25, -0.2) is 0 Å². The number of ether oxygens (including phenoxy) is 2. The van der Waals surface area contributed by atoms with E-state index in [-0.39, 0.29) is 17.9 Å². The topological polar surface area (TPSA) is 64.0 Å². The summed E-state index contributed by atoms with van der Waals surface area (Å²) in [5.74, 6) is 0.817. The maximum atomic E-state index is 13.4. The minimum absolute atomic E-state index is 0.0432. The van der Waals surface area contributed by atoms with Crippen LogP contribution in [0.5, 0.6) is 5.75 Å². The van der Waals surface area contributed by atoms with Crippen LogP contribution in [0, 0.1) is 0 Å². The molecular formula is C20H23N3O4. The largest absolute Gasteiger partial charge is 0.497 e. The van der Waals surface area contributed by atoms with Gasteiger partial charge in [-0.2, -0.15) is 0 Å². The first-order valence-electron chi connectivity index (χ1n) is 9.44. The molecule has 2 amide bonds. The maximum Gasteiger partial charge on any atom is 0.270 e. The Morgan fingerprint density at radius 3 is 2.96 bits per heavy atom. The Bertz CT molecular complexity index is 952. The summed E-state index contributed by atoms with van der Waals surface area (Å²) in [4.78, 5) is 29.6. The quantitative estimate of drug-likeness (QED) is 0.809. The molecule has 3 saturated heterocycles. The van der Waals surface area contributed by atoms with Crippen LogP contribution in [-0.4, -0.2) is 64.8 Å². The van der Waals surface area contributed by atoms with Crippen LogP contribution in [0.1, 0.15) is 29.8 Å². The van der Waals surface area contributed by atoms with Gasteiger partial charge in [0, 0.05) is 37.5 Å². The van der Waals surface area contributed by atoms with E-state index in [2.05, 4.69) is 0 Å². The van der Waals surface area contributed by atoms with E-state index in [0.717, 1.165) is 29.6 Å². The van der Waals surface area contributed by atoms with Crippen molar-refractivity contribution in [2.75, 3.05) is 26.8 Å². The summed E-state index contributed by atoms with van der Waals surface area (Å²) >= 11 is 0. The van der Waals surface area contributed by atoms with E-state index in [1.54, 1.807) is 7.11 Å². The van der Waals surface area contributed by atoms with Gasteiger partial charge in [-0.05, 0) is 30.7 Å². The molecule has 7 nitrogen and oxygen atoms in total. The van der Waals surface area contributed by atoms with Gasteiger partial charge in [0.25, 0.3) is 5.91 Å². The van der Waals surface area contributed by atoms with E-state index in [1.807, 2.05) is 45.7 Å². The molecule has 2 atom stereocenters. The molecule has 0 saturated carbocycles. The lowest BCUT2D eigenvalue weighted by Gasteiger charge is -2.42. The molecule has 2 aromatic rings. The molecule has 0 radical (unpaired) electrons. The van der Waals surface area contributed by atoms with Crippen molar-refractivity contribution in [1.82, 2.24) is 14.4 Å². The van der Waals surface area contributed by atoms with Crippen molar-refractivity contribution in [2.24, 2.45) is 7.05 Å². The van der Waals surface area contributed by atoms with E-state index >= 15 is 0 Å². The third-order valence-corrected chi connectivity index (χ3v) is 6.34. The normalized spacial score (nSPS) is 27.2. The van der Waals surface area contributed by atoms with E-state index in [9.17, 15) is 9.59 Å². The summed E-state index contributed by atoms with van der Waals surface area (Å²) < 4.78 is 13.3. The Morgan fingerprint density at radius 1 is 1.30 bits per heavy atom. The van der Waals surface area contributed by atoms with Crippen LogP contribution in [0.15, 0.2) is 24.3 Å². The number of benzene rings is 1. The summed E-state index contributed by atoms with van der Waals surface area (Å²) in [6, 6.07) is 7.49. The minimum atomic E-state index is -0.612. The van der Waals surface area contributed by atoms with Crippen molar-refractivity contribution in [2.45, 2.75) is 31.0 Å². The SMILES string of the molecule is COc1ccc2c(c1)cc(C(=O)N1CC[C@@]34OCCCN3C(=O)C[C@@H]14)n2C. The summed E-state index contributed by atoms with van der Waals surface area (Å²) in [5, 5.41) is 0.965. The average Bonchev–Trinajstić information content (AvgIpc) is 3.29. The molecule has 1 spiro atoms. The second kappa shape index (κ2) is 5.73. The third-order valence-electron chi connectivity index (χ3n) is 6.34. The summed E-state index contributed by atoms with van der Waals surface area (Å²) in [6.07, 6.45) is 1.90. The smallest absolute Gasteiger partial charge is 0.270 e. The highest BCUT2D eigenvalue weighted by atomic mass is 16.5. The average molecular weight is 369 g/mol. The number of aryl methyl sites for hydroxylation is 1. The highest BCUT2D eigenvalue weighted by molar-refractivity contribution is 6.00. The highest BCUT2D eigenvalue weighted by Gasteiger charge is 2.61. The zero-order valence-corrected chi connectivity index (χ0v) is 15.6. The van der Waals surface area contributed by atoms with Crippen molar-refractivity contribution < 1.29 is 19.1 Å². The number of carbonyl (C=O) groups excluding carboxylic acids is 2. The molecule has 0 bridgehead atoms. The molecular weight excluding hydrogens is 346 g/mol. The van der Waals surface area contributed by atoms with Crippen LogP contribution in [0.2, 0.25) is 0 Å². The Kier molecular flexibility index (Phi) is 3.53. The molecule has 7 heteroatoms. The van der Waals surface area contributed by atoms with E-state index < -0.39 is 5.72 Å². The lowest BCUT2D eigenvalue weighted by atomic mass is 10.0. The number of carbonyl (C=O) groups is 2. The molecule has 1 aromatic heterocycles. The van der Waals surface area contributed by atoms with Gasteiger partial charge in [0.1, 0.15) is 11.4 Å². The molecule has 3 fully saturated rings. The molecule has 3 aliphatic heterocycles. The fraction of sp³-hybridized carbons (Fsp3) is 0.500. The Labute approximate surface area is 157 Å². The fourth-order valence-electron chi connectivity index (χ4n) is 5.00. The van der Waals surface area contributed by atoms with Crippen LogP contribution in [-0.2, 0) is 16.6 Å². The first-order chi connectivity index (χ1) is 13.0. The molecule has 0 unspecified atom stereocenters. The molecule has 3 aliphatic rings. The molecule has 0 N–H and O–H groups in total. The summed E-state index contributed by atoms with van der Waals surface area (Å²) in [7, 11) is 3.53. The fourth-order valence-corrected chi connectivity index (χ4v) is 5.00. The molecule has 142 valence electrons. The zero-order chi connectivity index (χ0) is 18.8. The van der Waals surface area contributed by atoms with E-state index in [1.165, 1.54) is 0 Å². The van der Waals surface area contributed by atoms with Gasteiger partial charge in [-0.15, -0.1) is 0 Å². The number of aromatic nitrogens is 1. The number of rotatable bonds is 2. The van der Waals surface area contributed by atoms with E-state index in [4.69, 9.17) is 9.47 Å². The van der Waals surface area contributed by atoms with Gasteiger partial charge in [0.2, 0.25) is 5.91 Å². The molecule has 5 rings (SSSR count). The molecule has 27 heavy (non-hydrogen) atoms. The second-order valence-electron chi connectivity index (χ2n) is 7.57. The van der Waals surface area contributed by atoms with Crippen molar-refractivity contribution in [3.63, 3.8) is 0 Å². The summed E-state index contributed by atoms with van der Waals surface area (Å²) in [5.41, 5.74) is 0.988. The van der Waals surface area contributed by atoms with Crippen molar-refractivity contribution in [1.29, 1.82) is 0 Å². The molecule has 4 heterocycles. The second-order valence-corrected chi connectivity index (χ2v) is 7.57. The number of hydrogen-bond donors (Lipinski definition) is 0. The summed E-state index contributed by atoms with van der Waals surface area (Å²) in [6.45, 7) is 1.99. The van der Waals surface area contributed by atoms with Gasteiger partial charge >= 0.3 is 0 Å². The first-order valence-corrected chi connectivity index (χ1v) is 9.44. The predicted octanol–water partition coefficient (Wildman–Crippen LogP) is 1.75. The minimum Gasteiger partial charge on any atom is -0.497 e. The van der Waals surface area contributed by atoms with Crippen LogP contribution >= 0.6 is 0 Å². The Hall–Kier alpha value is -2.54. The van der Waals surface area contributed by atoms with Gasteiger partial charge in [0.15, 0.2) is 5.72 Å². The Balaban J connectivity index is 1.51. The lowest BCUT2D eigenvalue weighted by Crippen LogP contribution is -2.56. The number of amides is 2. The van der Waals surface area contributed by atoms with Crippen LogP contribution in [0.25, 0.3) is 10.9 Å². The van der Waals surface area contributed by atoms with Gasteiger partial charge in [-0.1, -0.05) is 0 Å². The van der Waals surface area contributed by atoms with Crippen LogP contribution in [0.4, 0.5) is 0 Å². The predicted molar refractivity (Wildman–Crippen MR) is 98.5 cm³/mol. The first kappa shape index (κ1) is 16.6. The maximum absolute atomic E-state index is 13.4. The van der Waals surface area contributed by atoms with Gasteiger partial charge in [0.05, 0.1) is 26.2 Å². The zero-order valence-electron chi connectivity index (χ0n) is 15.6. The monoisotopic (exact) mass is 369 g/mol. The number of methoxy groups -OCH3 is 1.